The largest absolute Gasteiger partial charge is 0.490 e. The first-order chi connectivity index (χ1) is 16.2. The number of pyridine rings is 2. The Morgan fingerprint density at radius 3 is 2.88 bits per heavy atom. The highest BCUT2D eigenvalue weighted by molar-refractivity contribution is 7.81. The van der Waals surface area contributed by atoms with E-state index in [9.17, 15) is 19.1 Å². The molecule has 0 spiro atoms. The summed E-state index contributed by atoms with van der Waals surface area (Å²) in [7, 11) is 0. The number of hydrogen-bond acceptors (Lipinski definition) is 6. The van der Waals surface area contributed by atoms with Crippen molar-refractivity contribution in [1.29, 1.82) is 0 Å². The number of carbonyl (C=O) groups is 1. The fourth-order valence-corrected chi connectivity index (χ4v) is 4.96. The number of amides is 1. The molecule has 176 valence electrons. The highest BCUT2D eigenvalue weighted by atomic mass is 32.1. The average Bonchev–Trinajstić information content (AvgIpc) is 3.18. The zero-order chi connectivity index (χ0) is 24.4. The molecule has 7 nitrogen and oxygen atoms in total. The molecule has 0 saturated carbocycles. The number of hydrogen-bond donors (Lipinski definition) is 3. The highest BCUT2D eigenvalue weighted by Gasteiger charge is 2.41. The number of nitrogens with zero attached hydrogens (tertiary/aromatic N) is 2. The predicted octanol–water partition coefficient (Wildman–Crippen LogP) is 3.06. The fraction of sp³-hybridized carbons (Fsp3) is 0.320. The van der Waals surface area contributed by atoms with Gasteiger partial charge in [-0.05, 0) is 36.6 Å². The third-order valence-corrected chi connectivity index (χ3v) is 7.20. The molecule has 4 heterocycles. The zero-order valence-electron chi connectivity index (χ0n) is 18.9. The van der Waals surface area contributed by atoms with Crippen LogP contribution in [0.5, 0.6) is 0 Å². The Kier molecular flexibility index (Phi) is 5.29. The van der Waals surface area contributed by atoms with Gasteiger partial charge in [-0.15, -0.1) is 0 Å². The molecule has 2 N–H and O–H groups in total. The van der Waals surface area contributed by atoms with Crippen LogP contribution in [0.4, 0.5) is 4.39 Å². The molecule has 1 amide bonds. The zero-order valence-corrected chi connectivity index (χ0v) is 19.8. The Bertz CT molecular complexity index is 1470. The van der Waals surface area contributed by atoms with Gasteiger partial charge in [0.1, 0.15) is 23.8 Å². The molecule has 1 aromatic carbocycles. The first-order valence-corrected chi connectivity index (χ1v) is 11.6. The van der Waals surface area contributed by atoms with E-state index in [4.69, 9.17) is 9.72 Å². The van der Waals surface area contributed by atoms with Gasteiger partial charge in [-0.3, -0.25) is 9.59 Å². The second-order valence-electron chi connectivity index (χ2n) is 8.70. The summed E-state index contributed by atoms with van der Waals surface area (Å²) in [5.74, 6) is -0.444. The van der Waals surface area contributed by atoms with Crippen LogP contribution in [0.1, 0.15) is 41.2 Å². The van der Waals surface area contributed by atoms with E-state index in [1.54, 1.807) is 24.5 Å². The number of rotatable bonds is 4. The summed E-state index contributed by atoms with van der Waals surface area (Å²) >= 11 is 3.97. The Balaban J connectivity index is 1.70. The van der Waals surface area contributed by atoms with Gasteiger partial charge in [0.15, 0.2) is 0 Å². The van der Waals surface area contributed by atoms with Gasteiger partial charge in [0.25, 0.3) is 5.56 Å². The SMILES string of the molecule is C=C1OCc2c(cc3n(c2=O)Cc2cc4c(CNC(=O)CS)c(C)c(F)cc4nc2-3)[C@@]1(O)CC. The topological polar surface area (TPSA) is 93.5 Å². The number of benzene rings is 1. The Morgan fingerprint density at radius 1 is 1.41 bits per heavy atom. The van der Waals surface area contributed by atoms with E-state index in [0.29, 0.717) is 57.5 Å². The molecule has 9 heteroatoms. The van der Waals surface area contributed by atoms with Gasteiger partial charge in [0, 0.05) is 29.1 Å². The molecule has 0 fully saturated rings. The third kappa shape index (κ3) is 3.18. The summed E-state index contributed by atoms with van der Waals surface area (Å²) in [4.78, 5) is 29.8. The number of halogens is 1. The Labute approximate surface area is 200 Å². The maximum Gasteiger partial charge on any atom is 0.258 e. The summed E-state index contributed by atoms with van der Waals surface area (Å²) in [6, 6.07) is 5.04. The molecule has 2 aliphatic heterocycles. The van der Waals surface area contributed by atoms with Crippen LogP contribution in [0.3, 0.4) is 0 Å². The first-order valence-electron chi connectivity index (χ1n) is 11.0. The summed E-state index contributed by atoms with van der Waals surface area (Å²) in [6.45, 7) is 7.78. The third-order valence-electron chi connectivity index (χ3n) is 6.92. The van der Waals surface area contributed by atoms with E-state index in [-0.39, 0.29) is 36.1 Å². The summed E-state index contributed by atoms with van der Waals surface area (Å²) in [6.07, 6.45) is 0.297. The maximum absolute atomic E-state index is 14.8. The second-order valence-corrected chi connectivity index (χ2v) is 9.01. The van der Waals surface area contributed by atoms with E-state index in [0.717, 1.165) is 5.56 Å². The smallest absolute Gasteiger partial charge is 0.258 e. The normalized spacial score (nSPS) is 18.3. The maximum atomic E-state index is 14.8. The first kappa shape index (κ1) is 22.6. The van der Waals surface area contributed by atoms with Gasteiger partial charge < -0.3 is 19.7 Å². The number of nitrogens with one attached hydrogen (secondary N) is 1. The van der Waals surface area contributed by atoms with Crippen molar-refractivity contribution in [2.45, 2.75) is 45.6 Å². The van der Waals surface area contributed by atoms with Crippen LogP contribution in [0.25, 0.3) is 22.3 Å². The van der Waals surface area contributed by atoms with Crippen LogP contribution in [-0.4, -0.2) is 26.3 Å². The minimum absolute atomic E-state index is 0.0308. The number of thiol groups is 1. The van der Waals surface area contributed by atoms with Crippen molar-refractivity contribution in [1.82, 2.24) is 14.9 Å². The predicted molar refractivity (Wildman–Crippen MR) is 129 cm³/mol. The van der Waals surface area contributed by atoms with Gasteiger partial charge in [-0.25, -0.2) is 9.37 Å². The van der Waals surface area contributed by atoms with Gasteiger partial charge in [0.2, 0.25) is 5.91 Å². The fourth-order valence-electron chi connectivity index (χ4n) is 4.85. The Morgan fingerprint density at radius 2 is 2.18 bits per heavy atom. The number of aliphatic hydroxyl groups is 1. The van der Waals surface area contributed by atoms with Crippen LogP contribution in [0.15, 0.2) is 35.3 Å². The second kappa shape index (κ2) is 7.95. The van der Waals surface area contributed by atoms with Crippen molar-refractivity contribution in [2.24, 2.45) is 0 Å². The van der Waals surface area contributed by atoms with Crippen LogP contribution in [0.2, 0.25) is 0 Å². The molecular weight excluding hydrogens is 457 g/mol. The molecule has 34 heavy (non-hydrogen) atoms. The van der Waals surface area contributed by atoms with Gasteiger partial charge in [-0.2, -0.15) is 12.6 Å². The number of fused-ring (bicyclic) bond motifs is 5. The molecule has 0 bridgehead atoms. The minimum Gasteiger partial charge on any atom is -0.490 e. The molecule has 0 radical (unpaired) electrons. The van der Waals surface area contributed by atoms with E-state index >= 15 is 0 Å². The highest BCUT2D eigenvalue weighted by Crippen LogP contribution is 2.42. The van der Waals surface area contributed by atoms with Gasteiger partial charge in [0.05, 0.1) is 34.8 Å². The van der Waals surface area contributed by atoms with Crippen molar-refractivity contribution in [2.75, 3.05) is 5.75 Å². The van der Waals surface area contributed by atoms with Gasteiger partial charge >= 0.3 is 0 Å². The number of aromatic nitrogens is 2. The van der Waals surface area contributed by atoms with Crippen molar-refractivity contribution in [3.05, 3.63) is 74.5 Å². The van der Waals surface area contributed by atoms with E-state index < -0.39 is 11.4 Å². The van der Waals surface area contributed by atoms with Crippen LogP contribution in [0, 0.1) is 12.7 Å². The van der Waals surface area contributed by atoms with E-state index in [1.165, 1.54) is 6.07 Å². The minimum atomic E-state index is -1.47. The number of carbonyl (C=O) groups excluding carboxylic acids is 1. The molecule has 0 unspecified atom stereocenters. The monoisotopic (exact) mass is 481 g/mol. The van der Waals surface area contributed by atoms with E-state index in [2.05, 4.69) is 24.5 Å². The van der Waals surface area contributed by atoms with Crippen LogP contribution in [-0.2, 0) is 34.8 Å². The van der Waals surface area contributed by atoms with E-state index in [1.807, 2.05) is 6.07 Å². The molecule has 0 aliphatic carbocycles. The van der Waals surface area contributed by atoms with Crippen LogP contribution >= 0.6 is 12.6 Å². The lowest BCUT2D eigenvalue weighted by Crippen LogP contribution is -2.38. The van der Waals surface area contributed by atoms with Crippen molar-refractivity contribution < 1.29 is 19.0 Å². The summed E-state index contributed by atoms with van der Waals surface area (Å²) in [5.41, 5.74) is 2.57. The lowest BCUT2D eigenvalue weighted by Gasteiger charge is -2.35. The van der Waals surface area contributed by atoms with Crippen molar-refractivity contribution >= 4 is 29.4 Å². The van der Waals surface area contributed by atoms with Gasteiger partial charge in [-0.1, -0.05) is 13.5 Å². The van der Waals surface area contributed by atoms with Crippen molar-refractivity contribution in [3.8, 4) is 11.4 Å². The quantitative estimate of drug-likeness (QED) is 0.390. The average molecular weight is 482 g/mol. The molecule has 2 aliphatic rings. The summed E-state index contributed by atoms with van der Waals surface area (Å²) in [5, 5.41) is 14.7. The molecule has 0 saturated heterocycles. The van der Waals surface area contributed by atoms with Crippen molar-refractivity contribution in [3.63, 3.8) is 0 Å². The summed E-state index contributed by atoms with van der Waals surface area (Å²) < 4.78 is 21.9. The lowest BCUT2D eigenvalue weighted by atomic mass is 9.84. The molecule has 1 atom stereocenters. The molecule has 5 rings (SSSR count). The molecular formula is C25H24FN3O4S. The lowest BCUT2D eigenvalue weighted by molar-refractivity contribution is -0.118. The number of ether oxygens (including phenoxy) is 1. The standard InChI is InChI=1S/C25H24FN3O4S/c1-4-25(32)13(3)33-10-17-18(25)6-21-23-14(9-29(21)24(17)31)5-15-16(8-27-22(30)11-34)12(2)19(26)7-20(15)28-23/h5-7,32,34H,3-4,8-11H2,1-2H3,(H,27,30)/t25-/m1/s1. The Hall–Kier alpha value is -3.17. The van der Waals surface area contributed by atoms with Crippen LogP contribution < -0.4 is 10.9 Å². The molecule has 3 aromatic rings. The molecule has 2 aromatic heterocycles.